The van der Waals surface area contributed by atoms with E-state index < -0.39 is 0 Å². The lowest BCUT2D eigenvalue weighted by molar-refractivity contribution is -0.144. The number of hydrogen-bond donors (Lipinski definition) is 1. The Morgan fingerprint density at radius 3 is 2.53 bits per heavy atom. The van der Waals surface area contributed by atoms with E-state index in [0.717, 1.165) is 25.7 Å². The van der Waals surface area contributed by atoms with Crippen molar-refractivity contribution in [2.24, 2.45) is 17.8 Å². The van der Waals surface area contributed by atoms with Gasteiger partial charge in [0.25, 0.3) is 0 Å². The fourth-order valence-electron chi connectivity index (χ4n) is 2.74. The van der Waals surface area contributed by atoms with Crippen LogP contribution in [0.5, 0.6) is 0 Å². The molecule has 0 aliphatic heterocycles. The first-order chi connectivity index (χ1) is 9.06. The Labute approximate surface area is 115 Å². The molecule has 1 N–H and O–H groups in total. The van der Waals surface area contributed by atoms with Crippen LogP contribution in [0.1, 0.15) is 52.4 Å². The van der Waals surface area contributed by atoms with E-state index in [-0.39, 0.29) is 30.3 Å². The summed E-state index contributed by atoms with van der Waals surface area (Å²) < 4.78 is 5.22. The Hall–Kier alpha value is -1.06. The lowest BCUT2D eigenvalue weighted by Gasteiger charge is -2.16. The van der Waals surface area contributed by atoms with Crippen LogP contribution in [0.4, 0.5) is 0 Å². The smallest absolute Gasteiger partial charge is 0.307 e. The second kappa shape index (κ2) is 6.40. The van der Waals surface area contributed by atoms with Crippen LogP contribution in [0.25, 0.3) is 0 Å². The van der Waals surface area contributed by atoms with Crippen molar-refractivity contribution in [3.05, 3.63) is 0 Å². The van der Waals surface area contributed by atoms with Crippen LogP contribution in [0.15, 0.2) is 0 Å². The van der Waals surface area contributed by atoms with E-state index in [1.54, 1.807) is 0 Å². The van der Waals surface area contributed by atoms with E-state index in [9.17, 15) is 9.59 Å². The summed E-state index contributed by atoms with van der Waals surface area (Å²) in [4.78, 5) is 23.5. The van der Waals surface area contributed by atoms with Gasteiger partial charge in [-0.3, -0.25) is 9.59 Å². The molecule has 4 heteroatoms. The molecule has 0 radical (unpaired) electrons. The van der Waals surface area contributed by atoms with Gasteiger partial charge in [-0.05, 0) is 38.0 Å². The molecule has 2 aliphatic carbocycles. The minimum atomic E-state index is -0.196. The SMILES string of the molecule is CC(CC(=O)OCC1CC1C)NC(=O)C1CCCC1. The van der Waals surface area contributed by atoms with Gasteiger partial charge in [0.2, 0.25) is 5.91 Å². The zero-order valence-corrected chi connectivity index (χ0v) is 12.0. The number of hydrogen-bond acceptors (Lipinski definition) is 3. The standard InChI is InChI=1S/C15H25NO3/c1-10-7-13(10)9-19-14(17)8-11(2)16-15(18)12-5-3-4-6-12/h10-13H,3-9H2,1-2H3,(H,16,18). The Morgan fingerprint density at radius 2 is 1.95 bits per heavy atom. The third-order valence-corrected chi connectivity index (χ3v) is 4.32. The van der Waals surface area contributed by atoms with Crippen molar-refractivity contribution in [2.75, 3.05) is 6.61 Å². The minimum absolute atomic E-state index is 0.105. The third kappa shape index (κ3) is 4.51. The summed E-state index contributed by atoms with van der Waals surface area (Å²) in [5.74, 6) is 1.33. The lowest BCUT2D eigenvalue weighted by atomic mass is 10.1. The van der Waals surface area contributed by atoms with Crippen LogP contribution in [0.2, 0.25) is 0 Å². The first-order valence-electron chi connectivity index (χ1n) is 7.52. The molecule has 1 amide bonds. The Kier molecular flexibility index (Phi) is 4.83. The molecule has 0 heterocycles. The van der Waals surface area contributed by atoms with Crippen molar-refractivity contribution in [3.63, 3.8) is 0 Å². The highest BCUT2D eigenvalue weighted by Gasteiger charge is 2.33. The average Bonchev–Trinajstić information content (AvgIpc) is 2.83. The number of carbonyl (C=O) groups is 2. The largest absolute Gasteiger partial charge is 0.465 e. The van der Waals surface area contributed by atoms with Crippen molar-refractivity contribution < 1.29 is 14.3 Å². The van der Waals surface area contributed by atoms with Gasteiger partial charge >= 0.3 is 5.97 Å². The summed E-state index contributed by atoms with van der Waals surface area (Å²) in [6.45, 7) is 4.58. The Balaban J connectivity index is 1.61. The molecule has 3 atom stereocenters. The topological polar surface area (TPSA) is 55.4 Å². The van der Waals surface area contributed by atoms with Crippen LogP contribution in [0.3, 0.4) is 0 Å². The molecule has 0 aromatic carbocycles. The van der Waals surface area contributed by atoms with Crippen LogP contribution >= 0.6 is 0 Å². The van der Waals surface area contributed by atoms with E-state index in [1.165, 1.54) is 6.42 Å². The van der Waals surface area contributed by atoms with E-state index in [0.29, 0.717) is 18.4 Å². The van der Waals surface area contributed by atoms with E-state index in [1.807, 2.05) is 6.92 Å². The van der Waals surface area contributed by atoms with Gasteiger partial charge in [-0.15, -0.1) is 0 Å². The molecule has 0 spiro atoms. The first kappa shape index (κ1) is 14.4. The number of amides is 1. The molecule has 3 unspecified atom stereocenters. The predicted octanol–water partition coefficient (Wildman–Crippen LogP) is 2.27. The number of carbonyl (C=O) groups excluding carboxylic acids is 2. The first-order valence-corrected chi connectivity index (χ1v) is 7.52. The van der Waals surface area contributed by atoms with Gasteiger partial charge in [-0.2, -0.15) is 0 Å². The van der Waals surface area contributed by atoms with Gasteiger partial charge < -0.3 is 10.1 Å². The quantitative estimate of drug-likeness (QED) is 0.751. The number of rotatable bonds is 6. The fourth-order valence-corrected chi connectivity index (χ4v) is 2.74. The highest BCUT2D eigenvalue weighted by Crippen LogP contribution is 2.37. The number of ether oxygens (including phenoxy) is 1. The maximum absolute atomic E-state index is 11.9. The Bertz CT molecular complexity index is 336. The summed E-state index contributed by atoms with van der Waals surface area (Å²) in [6.07, 6.45) is 5.72. The van der Waals surface area contributed by atoms with Crippen molar-refractivity contribution in [1.82, 2.24) is 5.32 Å². The van der Waals surface area contributed by atoms with Gasteiger partial charge in [-0.1, -0.05) is 19.8 Å². The molecule has 0 bridgehead atoms. The summed E-state index contributed by atoms with van der Waals surface area (Å²) in [7, 11) is 0. The van der Waals surface area contributed by atoms with E-state index in [4.69, 9.17) is 4.74 Å². The molecule has 108 valence electrons. The second-order valence-corrected chi connectivity index (χ2v) is 6.25. The van der Waals surface area contributed by atoms with E-state index >= 15 is 0 Å². The maximum Gasteiger partial charge on any atom is 0.307 e. The van der Waals surface area contributed by atoms with Crippen molar-refractivity contribution in [3.8, 4) is 0 Å². The van der Waals surface area contributed by atoms with Gasteiger partial charge in [0.05, 0.1) is 13.0 Å². The van der Waals surface area contributed by atoms with Crippen LogP contribution < -0.4 is 5.32 Å². The van der Waals surface area contributed by atoms with Crippen molar-refractivity contribution >= 4 is 11.9 Å². The highest BCUT2D eigenvalue weighted by molar-refractivity contribution is 5.80. The average molecular weight is 267 g/mol. The molecule has 4 nitrogen and oxygen atoms in total. The number of esters is 1. The summed E-state index contributed by atoms with van der Waals surface area (Å²) in [5, 5.41) is 2.92. The molecule has 2 rings (SSSR count). The molecular formula is C15H25NO3. The lowest BCUT2D eigenvalue weighted by Crippen LogP contribution is -2.38. The summed E-state index contributed by atoms with van der Waals surface area (Å²) >= 11 is 0. The van der Waals surface area contributed by atoms with E-state index in [2.05, 4.69) is 12.2 Å². The monoisotopic (exact) mass is 267 g/mol. The van der Waals surface area contributed by atoms with Gasteiger partial charge in [0.1, 0.15) is 0 Å². The van der Waals surface area contributed by atoms with Gasteiger partial charge in [0, 0.05) is 12.0 Å². The molecule has 2 saturated carbocycles. The Morgan fingerprint density at radius 1 is 1.32 bits per heavy atom. The van der Waals surface area contributed by atoms with Gasteiger partial charge in [0.15, 0.2) is 0 Å². The van der Waals surface area contributed by atoms with Crippen molar-refractivity contribution in [1.29, 1.82) is 0 Å². The van der Waals surface area contributed by atoms with Crippen LogP contribution in [0, 0.1) is 17.8 Å². The normalized spacial score (nSPS) is 27.9. The molecule has 2 aliphatic rings. The zero-order chi connectivity index (χ0) is 13.8. The highest BCUT2D eigenvalue weighted by atomic mass is 16.5. The molecular weight excluding hydrogens is 242 g/mol. The number of nitrogens with one attached hydrogen (secondary N) is 1. The van der Waals surface area contributed by atoms with Gasteiger partial charge in [-0.25, -0.2) is 0 Å². The third-order valence-electron chi connectivity index (χ3n) is 4.32. The molecule has 0 aromatic rings. The molecule has 19 heavy (non-hydrogen) atoms. The summed E-state index contributed by atoms with van der Waals surface area (Å²) in [5.41, 5.74) is 0. The molecule has 0 saturated heterocycles. The van der Waals surface area contributed by atoms with Crippen molar-refractivity contribution in [2.45, 2.75) is 58.4 Å². The predicted molar refractivity (Wildman–Crippen MR) is 72.4 cm³/mol. The molecule has 0 aromatic heterocycles. The van der Waals surface area contributed by atoms with Crippen LogP contribution in [-0.4, -0.2) is 24.5 Å². The maximum atomic E-state index is 11.9. The minimum Gasteiger partial charge on any atom is -0.465 e. The van der Waals surface area contributed by atoms with Crippen LogP contribution in [-0.2, 0) is 14.3 Å². The zero-order valence-electron chi connectivity index (χ0n) is 12.0. The second-order valence-electron chi connectivity index (χ2n) is 6.25. The fraction of sp³-hybridized carbons (Fsp3) is 0.867. The summed E-state index contributed by atoms with van der Waals surface area (Å²) in [6, 6.07) is -0.128. The molecule has 2 fully saturated rings.